The summed E-state index contributed by atoms with van der Waals surface area (Å²) < 4.78 is 5.42. The summed E-state index contributed by atoms with van der Waals surface area (Å²) in [4.78, 5) is 4.32. The van der Waals surface area contributed by atoms with Crippen LogP contribution in [-0.2, 0) is 6.54 Å². The van der Waals surface area contributed by atoms with E-state index in [4.69, 9.17) is 4.42 Å². The number of hydrogen-bond acceptors (Lipinski definition) is 4. The monoisotopic (exact) mass is 270 g/mol. The molecule has 0 amide bonds. The third-order valence-electron chi connectivity index (χ3n) is 2.96. The van der Waals surface area contributed by atoms with Crippen molar-refractivity contribution in [3.63, 3.8) is 0 Å². The van der Waals surface area contributed by atoms with Gasteiger partial charge in [-0.1, -0.05) is 12.1 Å². The van der Waals surface area contributed by atoms with E-state index in [0.29, 0.717) is 6.54 Å². The van der Waals surface area contributed by atoms with Crippen molar-refractivity contribution >= 4 is 17.0 Å². The zero-order valence-electron chi connectivity index (χ0n) is 10.6. The van der Waals surface area contributed by atoms with Gasteiger partial charge >= 0.3 is 0 Å². The normalized spacial score (nSPS) is 10.6. The molecule has 0 unspecified atom stereocenters. The van der Waals surface area contributed by atoms with Crippen LogP contribution in [-0.4, -0.2) is 4.98 Å². The van der Waals surface area contributed by atoms with E-state index in [-0.39, 0.29) is 0 Å². The maximum atomic E-state index is 5.42. The summed E-state index contributed by atoms with van der Waals surface area (Å²) in [7, 11) is 0. The molecule has 1 aromatic carbocycles. The molecule has 0 spiro atoms. The molecule has 0 aliphatic heterocycles. The molecule has 0 aliphatic carbocycles. The Morgan fingerprint density at radius 2 is 2.26 bits per heavy atom. The smallest absolute Gasteiger partial charge is 0.125 e. The van der Waals surface area contributed by atoms with E-state index in [9.17, 15) is 0 Å². The lowest BCUT2D eigenvalue weighted by atomic mass is 10.2. The fraction of sp³-hybridized carbons (Fsp3) is 0.133. The van der Waals surface area contributed by atoms with E-state index in [1.54, 1.807) is 17.6 Å². The van der Waals surface area contributed by atoms with Gasteiger partial charge in [0.15, 0.2) is 0 Å². The number of nitrogens with one attached hydrogen (secondary N) is 1. The van der Waals surface area contributed by atoms with Crippen molar-refractivity contribution in [2.75, 3.05) is 5.32 Å². The minimum atomic E-state index is 0.695. The van der Waals surface area contributed by atoms with Crippen LogP contribution in [0.5, 0.6) is 0 Å². The lowest BCUT2D eigenvalue weighted by Crippen LogP contribution is -1.99. The van der Waals surface area contributed by atoms with Crippen molar-refractivity contribution in [1.82, 2.24) is 4.98 Å². The van der Waals surface area contributed by atoms with Crippen LogP contribution in [0.1, 0.15) is 11.3 Å². The Labute approximate surface area is 115 Å². The van der Waals surface area contributed by atoms with Crippen LogP contribution in [0.3, 0.4) is 0 Å². The van der Waals surface area contributed by atoms with E-state index >= 15 is 0 Å². The molecule has 2 aromatic heterocycles. The first kappa shape index (κ1) is 12.0. The van der Waals surface area contributed by atoms with Crippen molar-refractivity contribution in [2.24, 2.45) is 0 Å². The van der Waals surface area contributed by atoms with Crippen LogP contribution >= 0.6 is 11.3 Å². The number of furan rings is 1. The second-order valence-corrected chi connectivity index (χ2v) is 5.19. The van der Waals surface area contributed by atoms with Crippen LogP contribution < -0.4 is 5.32 Å². The summed E-state index contributed by atoms with van der Waals surface area (Å²) >= 11 is 1.65. The van der Waals surface area contributed by atoms with Gasteiger partial charge < -0.3 is 9.73 Å². The van der Waals surface area contributed by atoms with Gasteiger partial charge in [0.05, 0.1) is 12.8 Å². The summed E-state index contributed by atoms with van der Waals surface area (Å²) in [6.07, 6.45) is 3.55. The maximum Gasteiger partial charge on any atom is 0.125 e. The molecular formula is C15H14N2OS. The fourth-order valence-corrected chi connectivity index (χ4v) is 2.53. The van der Waals surface area contributed by atoms with Gasteiger partial charge in [0, 0.05) is 22.8 Å². The van der Waals surface area contributed by atoms with Crippen molar-refractivity contribution < 1.29 is 4.42 Å². The molecule has 19 heavy (non-hydrogen) atoms. The van der Waals surface area contributed by atoms with Gasteiger partial charge in [-0.25, -0.2) is 4.98 Å². The molecule has 96 valence electrons. The molecule has 4 heteroatoms. The lowest BCUT2D eigenvalue weighted by molar-refractivity contribution is 0.515. The zero-order chi connectivity index (χ0) is 13.1. The van der Waals surface area contributed by atoms with Crippen LogP contribution in [0, 0.1) is 6.92 Å². The van der Waals surface area contributed by atoms with Gasteiger partial charge in [0.2, 0.25) is 0 Å². The first-order valence-corrected chi connectivity index (χ1v) is 6.97. The number of rotatable bonds is 4. The van der Waals surface area contributed by atoms with Gasteiger partial charge in [0.1, 0.15) is 10.8 Å². The summed E-state index contributed by atoms with van der Waals surface area (Å²) in [5, 5.41) is 6.40. The van der Waals surface area contributed by atoms with Crippen LogP contribution in [0.2, 0.25) is 0 Å². The topological polar surface area (TPSA) is 38.1 Å². The third-order valence-corrected chi connectivity index (χ3v) is 3.79. The highest BCUT2D eigenvalue weighted by Crippen LogP contribution is 2.24. The van der Waals surface area contributed by atoms with Crippen molar-refractivity contribution in [3.05, 3.63) is 59.5 Å². The van der Waals surface area contributed by atoms with Gasteiger partial charge in [-0.15, -0.1) is 11.3 Å². The molecule has 0 fully saturated rings. The van der Waals surface area contributed by atoms with E-state index in [1.165, 1.54) is 5.56 Å². The van der Waals surface area contributed by atoms with Crippen LogP contribution in [0.4, 0.5) is 5.69 Å². The van der Waals surface area contributed by atoms with Crippen LogP contribution in [0.25, 0.3) is 10.6 Å². The first-order chi connectivity index (χ1) is 9.33. The van der Waals surface area contributed by atoms with Crippen LogP contribution in [0.15, 0.2) is 52.6 Å². The SMILES string of the molecule is Cc1ccoc1CNc1cccc(-c2nccs2)c1. The minimum absolute atomic E-state index is 0.695. The number of aromatic nitrogens is 1. The second kappa shape index (κ2) is 5.28. The Bertz CT molecular complexity index is 658. The quantitative estimate of drug-likeness (QED) is 0.767. The molecule has 3 rings (SSSR count). The number of aryl methyl sites for hydroxylation is 1. The Morgan fingerprint density at radius 1 is 1.32 bits per heavy atom. The number of nitrogens with zero attached hydrogens (tertiary/aromatic N) is 1. The summed E-state index contributed by atoms with van der Waals surface area (Å²) in [6, 6.07) is 10.2. The highest BCUT2D eigenvalue weighted by molar-refractivity contribution is 7.13. The van der Waals surface area contributed by atoms with Crippen molar-refractivity contribution in [2.45, 2.75) is 13.5 Å². The molecule has 0 bridgehead atoms. The molecule has 3 nitrogen and oxygen atoms in total. The van der Waals surface area contributed by atoms with Gasteiger partial charge in [0.25, 0.3) is 0 Å². The van der Waals surface area contributed by atoms with Gasteiger partial charge in [-0.3, -0.25) is 0 Å². The molecule has 0 atom stereocenters. The Morgan fingerprint density at radius 3 is 3.00 bits per heavy atom. The molecular weight excluding hydrogens is 256 g/mol. The average Bonchev–Trinajstić information content (AvgIpc) is 3.08. The standard InChI is InChI=1S/C15H14N2OS/c1-11-5-7-18-14(11)10-17-13-4-2-3-12(9-13)15-16-6-8-19-15/h2-9,17H,10H2,1H3. The predicted molar refractivity (Wildman–Crippen MR) is 78.3 cm³/mol. The fourth-order valence-electron chi connectivity index (χ4n) is 1.90. The van der Waals surface area contributed by atoms with E-state index in [0.717, 1.165) is 22.0 Å². The lowest BCUT2D eigenvalue weighted by Gasteiger charge is -2.06. The number of hydrogen-bond donors (Lipinski definition) is 1. The molecule has 0 saturated carbocycles. The van der Waals surface area contributed by atoms with E-state index in [1.807, 2.05) is 30.6 Å². The second-order valence-electron chi connectivity index (χ2n) is 4.30. The number of anilines is 1. The number of thiazole rings is 1. The van der Waals surface area contributed by atoms with E-state index in [2.05, 4.69) is 28.5 Å². The van der Waals surface area contributed by atoms with Gasteiger partial charge in [-0.2, -0.15) is 0 Å². The highest BCUT2D eigenvalue weighted by atomic mass is 32.1. The van der Waals surface area contributed by atoms with Crippen molar-refractivity contribution in [1.29, 1.82) is 0 Å². The molecule has 1 N–H and O–H groups in total. The van der Waals surface area contributed by atoms with E-state index < -0.39 is 0 Å². The minimum Gasteiger partial charge on any atom is -0.467 e. The largest absolute Gasteiger partial charge is 0.467 e. The van der Waals surface area contributed by atoms with Crippen molar-refractivity contribution in [3.8, 4) is 10.6 Å². The summed E-state index contributed by atoms with van der Waals surface area (Å²) in [6.45, 7) is 2.74. The summed E-state index contributed by atoms with van der Waals surface area (Å²) in [5.41, 5.74) is 3.38. The molecule has 3 aromatic rings. The zero-order valence-corrected chi connectivity index (χ0v) is 11.4. The Balaban J connectivity index is 1.75. The average molecular weight is 270 g/mol. The summed E-state index contributed by atoms with van der Waals surface area (Å²) in [5.74, 6) is 0.972. The third kappa shape index (κ3) is 2.69. The Kier molecular flexibility index (Phi) is 3.33. The number of benzene rings is 1. The molecule has 2 heterocycles. The maximum absolute atomic E-state index is 5.42. The molecule has 0 aliphatic rings. The Hall–Kier alpha value is -2.07. The molecule has 0 saturated heterocycles. The predicted octanol–water partition coefficient (Wildman–Crippen LogP) is 4.32. The highest BCUT2D eigenvalue weighted by Gasteiger charge is 2.04. The van der Waals surface area contributed by atoms with Gasteiger partial charge in [-0.05, 0) is 30.7 Å². The molecule has 0 radical (unpaired) electrons. The first-order valence-electron chi connectivity index (χ1n) is 6.10.